The molecule has 1 aromatic heterocycles. The van der Waals surface area contributed by atoms with Crippen molar-refractivity contribution in [1.82, 2.24) is 4.98 Å². The molecule has 6 heteroatoms. The van der Waals surface area contributed by atoms with E-state index < -0.39 is 23.8 Å². The molecule has 114 valence electrons. The summed E-state index contributed by atoms with van der Waals surface area (Å²) in [5, 5.41) is 2.41. The standard InChI is InChI=1S/C16H15FN2O3/c1-2-14(22-16(21)11-7-9-18-10-8-11)15(20)19-13-6-4-3-5-12(13)17/h3-10,14H,2H2,1H3,(H,19,20). The normalized spacial score (nSPS) is 11.5. The molecule has 1 aromatic carbocycles. The predicted octanol–water partition coefficient (Wildman–Crippen LogP) is 2.79. The van der Waals surface area contributed by atoms with Gasteiger partial charge in [0.05, 0.1) is 11.3 Å². The zero-order chi connectivity index (χ0) is 15.9. The highest BCUT2D eigenvalue weighted by Gasteiger charge is 2.22. The van der Waals surface area contributed by atoms with E-state index in [-0.39, 0.29) is 12.1 Å². The summed E-state index contributed by atoms with van der Waals surface area (Å²) in [7, 11) is 0. The number of carbonyl (C=O) groups excluding carboxylic acids is 2. The van der Waals surface area contributed by atoms with Crippen LogP contribution in [0.1, 0.15) is 23.7 Å². The molecule has 2 aromatic rings. The number of nitrogens with one attached hydrogen (secondary N) is 1. The Bertz CT molecular complexity index is 661. The van der Waals surface area contributed by atoms with E-state index in [1.807, 2.05) is 0 Å². The fourth-order valence-corrected chi connectivity index (χ4v) is 1.78. The number of hydrogen-bond acceptors (Lipinski definition) is 4. The maximum absolute atomic E-state index is 13.5. The molecule has 0 aliphatic heterocycles. The fraction of sp³-hybridized carbons (Fsp3) is 0.188. The number of benzene rings is 1. The zero-order valence-electron chi connectivity index (χ0n) is 12.0. The molecule has 5 nitrogen and oxygen atoms in total. The van der Waals surface area contributed by atoms with Crippen molar-refractivity contribution in [2.45, 2.75) is 19.4 Å². The largest absolute Gasteiger partial charge is 0.449 e. The molecule has 0 radical (unpaired) electrons. The van der Waals surface area contributed by atoms with E-state index in [0.717, 1.165) is 0 Å². The maximum Gasteiger partial charge on any atom is 0.339 e. The molecule has 1 heterocycles. The van der Waals surface area contributed by atoms with Crippen molar-refractivity contribution in [1.29, 1.82) is 0 Å². The number of rotatable bonds is 5. The molecule has 0 aliphatic rings. The van der Waals surface area contributed by atoms with Crippen molar-refractivity contribution in [3.8, 4) is 0 Å². The Morgan fingerprint density at radius 3 is 2.55 bits per heavy atom. The first-order chi connectivity index (χ1) is 10.6. The Hall–Kier alpha value is -2.76. The lowest BCUT2D eigenvalue weighted by atomic mass is 10.2. The van der Waals surface area contributed by atoms with E-state index in [1.165, 1.54) is 42.7 Å². The van der Waals surface area contributed by atoms with Gasteiger partial charge in [-0.25, -0.2) is 9.18 Å². The van der Waals surface area contributed by atoms with Crippen molar-refractivity contribution >= 4 is 17.6 Å². The van der Waals surface area contributed by atoms with Gasteiger partial charge in [0.25, 0.3) is 5.91 Å². The molecule has 2 rings (SSSR count). The third-order valence-electron chi connectivity index (χ3n) is 2.96. The summed E-state index contributed by atoms with van der Waals surface area (Å²) in [4.78, 5) is 27.8. The minimum atomic E-state index is -1.000. The number of amides is 1. The summed E-state index contributed by atoms with van der Waals surface area (Å²) in [6.45, 7) is 1.70. The van der Waals surface area contributed by atoms with Crippen molar-refractivity contribution in [3.63, 3.8) is 0 Å². The molecule has 1 N–H and O–H groups in total. The van der Waals surface area contributed by atoms with Crippen LogP contribution in [-0.2, 0) is 9.53 Å². The van der Waals surface area contributed by atoms with E-state index >= 15 is 0 Å². The van der Waals surface area contributed by atoms with Crippen LogP contribution in [0.25, 0.3) is 0 Å². The summed E-state index contributed by atoms with van der Waals surface area (Å²) in [5.41, 5.74) is 0.345. The van der Waals surface area contributed by atoms with Crippen LogP contribution in [0, 0.1) is 5.82 Å². The molecule has 1 amide bonds. The van der Waals surface area contributed by atoms with Gasteiger partial charge >= 0.3 is 5.97 Å². The minimum Gasteiger partial charge on any atom is -0.449 e. The van der Waals surface area contributed by atoms with Crippen LogP contribution >= 0.6 is 0 Å². The monoisotopic (exact) mass is 302 g/mol. The van der Waals surface area contributed by atoms with E-state index in [0.29, 0.717) is 5.56 Å². The van der Waals surface area contributed by atoms with Gasteiger partial charge in [-0.3, -0.25) is 9.78 Å². The maximum atomic E-state index is 13.5. The molecule has 22 heavy (non-hydrogen) atoms. The Morgan fingerprint density at radius 2 is 1.91 bits per heavy atom. The average molecular weight is 302 g/mol. The molecule has 1 atom stereocenters. The van der Waals surface area contributed by atoms with Crippen LogP contribution in [0.15, 0.2) is 48.8 Å². The van der Waals surface area contributed by atoms with Crippen LogP contribution < -0.4 is 5.32 Å². The van der Waals surface area contributed by atoms with Crippen LogP contribution in [0.5, 0.6) is 0 Å². The van der Waals surface area contributed by atoms with E-state index in [4.69, 9.17) is 4.74 Å². The van der Waals surface area contributed by atoms with Gasteiger partial charge in [-0.1, -0.05) is 19.1 Å². The lowest BCUT2D eigenvalue weighted by molar-refractivity contribution is -0.124. The lowest BCUT2D eigenvalue weighted by Gasteiger charge is -2.16. The number of hydrogen-bond donors (Lipinski definition) is 1. The molecule has 0 saturated heterocycles. The minimum absolute atomic E-state index is 0.0471. The highest BCUT2D eigenvalue weighted by Crippen LogP contribution is 2.14. The molecule has 0 bridgehead atoms. The summed E-state index contributed by atoms with van der Waals surface area (Å²) >= 11 is 0. The van der Waals surface area contributed by atoms with Gasteiger partial charge in [0.2, 0.25) is 0 Å². The molecule has 0 spiro atoms. The van der Waals surface area contributed by atoms with Crippen molar-refractivity contribution in [3.05, 3.63) is 60.2 Å². The van der Waals surface area contributed by atoms with Gasteiger partial charge < -0.3 is 10.1 Å². The lowest BCUT2D eigenvalue weighted by Crippen LogP contribution is -2.32. The second-order valence-corrected chi connectivity index (χ2v) is 4.51. The topological polar surface area (TPSA) is 68.3 Å². The molecular weight excluding hydrogens is 287 g/mol. The Kier molecular flexibility index (Phi) is 5.19. The SMILES string of the molecule is CCC(OC(=O)c1ccncc1)C(=O)Nc1ccccc1F. The van der Waals surface area contributed by atoms with Gasteiger partial charge in [-0.2, -0.15) is 0 Å². The molecular formula is C16H15FN2O3. The molecule has 0 saturated carbocycles. The number of carbonyl (C=O) groups is 2. The van der Waals surface area contributed by atoms with Crippen LogP contribution in [0.4, 0.5) is 10.1 Å². The fourth-order valence-electron chi connectivity index (χ4n) is 1.78. The second-order valence-electron chi connectivity index (χ2n) is 4.51. The van der Waals surface area contributed by atoms with Gasteiger partial charge in [0, 0.05) is 12.4 Å². The number of para-hydroxylation sites is 1. The van der Waals surface area contributed by atoms with Gasteiger partial charge in [-0.15, -0.1) is 0 Å². The van der Waals surface area contributed by atoms with Gasteiger partial charge in [-0.05, 0) is 30.7 Å². The third kappa shape index (κ3) is 3.88. The van der Waals surface area contributed by atoms with Gasteiger partial charge in [0.15, 0.2) is 6.10 Å². The Balaban J connectivity index is 2.03. The number of pyridine rings is 1. The summed E-state index contributed by atoms with van der Waals surface area (Å²) < 4.78 is 18.7. The summed E-state index contributed by atoms with van der Waals surface area (Å²) in [6, 6.07) is 8.77. The molecule has 1 unspecified atom stereocenters. The average Bonchev–Trinajstić information content (AvgIpc) is 2.55. The summed E-state index contributed by atoms with van der Waals surface area (Å²) in [5.74, 6) is -1.75. The van der Waals surface area contributed by atoms with Crippen LogP contribution in [0.3, 0.4) is 0 Å². The number of esters is 1. The molecule has 0 fully saturated rings. The van der Waals surface area contributed by atoms with E-state index in [1.54, 1.807) is 13.0 Å². The highest BCUT2D eigenvalue weighted by atomic mass is 19.1. The van der Waals surface area contributed by atoms with E-state index in [9.17, 15) is 14.0 Å². The van der Waals surface area contributed by atoms with Crippen molar-refractivity contribution < 1.29 is 18.7 Å². The molecule has 0 aliphatic carbocycles. The van der Waals surface area contributed by atoms with Crippen molar-refractivity contribution in [2.24, 2.45) is 0 Å². The van der Waals surface area contributed by atoms with E-state index in [2.05, 4.69) is 10.3 Å². The number of anilines is 1. The zero-order valence-corrected chi connectivity index (χ0v) is 12.0. The van der Waals surface area contributed by atoms with Crippen molar-refractivity contribution in [2.75, 3.05) is 5.32 Å². The first-order valence-corrected chi connectivity index (χ1v) is 6.78. The van der Waals surface area contributed by atoms with Crippen LogP contribution in [0.2, 0.25) is 0 Å². The smallest absolute Gasteiger partial charge is 0.339 e. The Labute approximate surface area is 127 Å². The summed E-state index contributed by atoms with van der Waals surface area (Å²) in [6.07, 6.45) is 2.19. The first-order valence-electron chi connectivity index (χ1n) is 6.78. The third-order valence-corrected chi connectivity index (χ3v) is 2.96. The predicted molar refractivity (Wildman–Crippen MR) is 78.8 cm³/mol. The number of aromatic nitrogens is 1. The second kappa shape index (κ2) is 7.31. The van der Waals surface area contributed by atoms with Gasteiger partial charge in [0.1, 0.15) is 5.82 Å². The number of nitrogens with zero attached hydrogens (tertiary/aromatic N) is 1. The number of halogens is 1. The van der Waals surface area contributed by atoms with Crippen LogP contribution in [-0.4, -0.2) is 23.0 Å². The first kappa shape index (κ1) is 15.6. The Morgan fingerprint density at radius 1 is 1.23 bits per heavy atom. The number of ether oxygens (including phenoxy) is 1. The quantitative estimate of drug-likeness (QED) is 0.862. The highest BCUT2D eigenvalue weighted by molar-refractivity contribution is 5.97.